The summed E-state index contributed by atoms with van der Waals surface area (Å²) < 4.78 is 6.69. The Morgan fingerprint density at radius 1 is 0.447 bits per heavy atom. The molecule has 0 fully saturated rings. The summed E-state index contributed by atoms with van der Waals surface area (Å²) in [7, 11) is 0. The monoisotopic (exact) mass is 603 g/mol. The van der Waals surface area contributed by atoms with Gasteiger partial charge in [0.1, 0.15) is 11.5 Å². The minimum atomic E-state index is -0.617. The Bertz CT molecular complexity index is 2130. The van der Waals surface area contributed by atoms with Crippen LogP contribution in [0.25, 0.3) is 22.3 Å². The number of nitrogens with zero attached hydrogens (tertiary/aromatic N) is 1. The summed E-state index contributed by atoms with van der Waals surface area (Å²) in [4.78, 5) is 2.53. The summed E-state index contributed by atoms with van der Waals surface area (Å²) in [6.07, 6.45) is 0. The van der Waals surface area contributed by atoms with E-state index in [4.69, 9.17) is 4.74 Å². The molecule has 0 saturated heterocycles. The minimum absolute atomic E-state index is 0.617. The molecule has 7 aromatic rings. The summed E-state index contributed by atoms with van der Waals surface area (Å²) in [5, 5.41) is 0. The van der Waals surface area contributed by atoms with E-state index in [9.17, 15) is 0 Å². The van der Waals surface area contributed by atoms with Crippen molar-refractivity contribution in [1.29, 1.82) is 0 Å². The molecule has 0 saturated carbocycles. The lowest BCUT2D eigenvalue weighted by Crippen LogP contribution is -2.40. The number of hydrogen-bond donors (Lipinski definition) is 0. The smallest absolute Gasteiger partial charge is 0.132 e. The van der Waals surface area contributed by atoms with E-state index in [0.29, 0.717) is 0 Å². The predicted molar refractivity (Wildman–Crippen MR) is 193 cm³/mol. The van der Waals surface area contributed by atoms with Crippen molar-refractivity contribution < 1.29 is 4.74 Å². The molecular formula is C45H33NO. The zero-order chi connectivity index (χ0) is 31.4. The van der Waals surface area contributed by atoms with Crippen LogP contribution in [0.5, 0.6) is 11.5 Å². The molecule has 0 amide bonds. The van der Waals surface area contributed by atoms with E-state index in [1.807, 2.05) is 0 Å². The van der Waals surface area contributed by atoms with Gasteiger partial charge in [-0.25, -0.2) is 0 Å². The first kappa shape index (κ1) is 27.5. The minimum Gasteiger partial charge on any atom is -0.457 e. The maximum Gasteiger partial charge on any atom is 0.132 e. The number of rotatable bonds is 4. The number of benzene rings is 7. The van der Waals surface area contributed by atoms with Gasteiger partial charge in [-0.15, -0.1) is 0 Å². The summed E-state index contributed by atoms with van der Waals surface area (Å²) in [5.74, 6) is 1.79. The molecule has 2 heterocycles. The number of ether oxygens (including phenoxy) is 1. The zero-order valence-corrected chi connectivity index (χ0v) is 26.2. The quantitative estimate of drug-likeness (QED) is 0.198. The number of aryl methyl sites for hydroxylation is 1. The van der Waals surface area contributed by atoms with Crippen LogP contribution in [-0.2, 0) is 12.0 Å². The van der Waals surface area contributed by atoms with Crippen molar-refractivity contribution in [1.82, 2.24) is 0 Å². The number of para-hydroxylation sites is 2. The van der Waals surface area contributed by atoms with Crippen molar-refractivity contribution >= 4 is 11.4 Å². The van der Waals surface area contributed by atoms with Crippen LogP contribution in [0.3, 0.4) is 0 Å². The molecule has 0 radical (unpaired) electrons. The molecule has 2 aliphatic rings. The van der Waals surface area contributed by atoms with E-state index < -0.39 is 5.41 Å². The lowest BCUT2D eigenvalue weighted by atomic mass is 9.60. The summed E-state index contributed by atoms with van der Waals surface area (Å²) in [6, 6.07) is 61.6. The van der Waals surface area contributed by atoms with Gasteiger partial charge < -0.3 is 9.64 Å². The molecule has 0 N–H and O–H groups in total. The first-order valence-corrected chi connectivity index (χ1v) is 16.3. The fourth-order valence-electron chi connectivity index (χ4n) is 7.74. The van der Waals surface area contributed by atoms with E-state index in [1.165, 1.54) is 55.9 Å². The third kappa shape index (κ3) is 4.26. The van der Waals surface area contributed by atoms with Gasteiger partial charge in [-0.1, -0.05) is 133 Å². The van der Waals surface area contributed by atoms with Crippen LogP contribution >= 0.6 is 0 Å². The highest BCUT2D eigenvalue weighted by Crippen LogP contribution is 2.62. The van der Waals surface area contributed by atoms with Crippen LogP contribution in [-0.4, -0.2) is 0 Å². The lowest BCUT2D eigenvalue weighted by Gasteiger charge is -2.49. The first-order valence-electron chi connectivity index (χ1n) is 16.3. The standard InChI is InChI=1S/C45H33NO/c1-31-14-8-9-19-36(31)30-46-41-26-24-34(32-15-4-2-5-16-32)28-39(41)45(40-29-35(25-27-42(40)46)33-17-6-3-7-18-33)37-20-10-12-22-43(37)47-44-23-13-11-21-38(44)45/h2-29H,30H2,1H3. The summed E-state index contributed by atoms with van der Waals surface area (Å²) in [6.45, 7) is 2.97. The van der Waals surface area contributed by atoms with Crippen LogP contribution in [0.2, 0.25) is 0 Å². The topological polar surface area (TPSA) is 12.5 Å². The predicted octanol–water partition coefficient (Wildman–Crippen LogP) is 11.5. The van der Waals surface area contributed by atoms with E-state index >= 15 is 0 Å². The molecule has 7 aromatic carbocycles. The van der Waals surface area contributed by atoms with Gasteiger partial charge in [0.25, 0.3) is 0 Å². The normalized spacial score (nSPS) is 13.6. The highest BCUT2D eigenvalue weighted by Gasteiger charge is 2.51. The van der Waals surface area contributed by atoms with E-state index in [0.717, 1.165) is 29.2 Å². The number of hydrogen-bond acceptors (Lipinski definition) is 2. The van der Waals surface area contributed by atoms with Gasteiger partial charge in [-0.2, -0.15) is 0 Å². The third-order valence-corrected chi connectivity index (χ3v) is 9.99. The molecular weight excluding hydrogens is 571 g/mol. The maximum absolute atomic E-state index is 6.69. The molecule has 2 aliphatic heterocycles. The third-order valence-electron chi connectivity index (χ3n) is 9.99. The molecule has 2 heteroatoms. The molecule has 0 aliphatic carbocycles. The Morgan fingerprint density at radius 2 is 0.915 bits per heavy atom. The van der Waals surface area contributed by atoms with Gasteiger partial charge in [0.15, 0.2) is 0 Å². The number of anilines is 2. The average molecular weight is 604 g/mol. The second-order valence-electron chi connectivity index (χ2n) is 12.6. The maximum atomic E-state index is 6.69. The van der Waals surface area contributed by atoms with Crippen molar-refractivity contribution in [2.75, 3.05) is 4.90 Å². The van der Waals surface area contributed by atoms with Crippen LogP contribution < -0.4 is 9.64 Å². The number of fused-ring (bicyclic) bond motifs is 8. The van der Waals surface area contributed by atoms with E-state index in [-0.39, 0.29) is 0 Å². The van der Waals surface area contributed by atoms with Gasteiger partial charge in [0.05, 0.1) is 5.41 Å². The van der Waals surface area contributed by atoms with Crippen LogP contribution in [0.15, 0.2) is 170 Å². The zero-order valence-electron chi connectivity index (χ0n) is 26.2. The lowest BCUT2D eigenvalue weighted by molar-refractivity contribution is 0.433. The van der Waals surface area contributed by atoms with Gasteiger partial charge in [-0.05, 0) is 87.8 Å². The van der Waals surface area contributed by atoms with Crippen molar-refractivity contribution in [2.45, 2.75) is 18.9 Å². The van der Waals surface area contributed by atoms with Gasteiger partial charge in [0.2, 0.25) is 0 Å². The molecule has 47 heavy (non-hydrogen) atoms. The molecule has 0 unspecified atom stereocenters. The molecule has 0 aromatic heterocycles. The molecule has 9 rings (SSSR count). The highest BCUT2D eigenvalue weighted by molar-refractivity contribution is 5.89. The molecule has 2 nitrogen and oxygen atoms in total. The van der Waals surface area contributed by atoms with E-state index in [2.05, 4.69) is 182 Å². The fourth-order valence-corrected chi connectivity index (χ4v) is 7.74. The Balaban J connectivity index is 1.42. The molecule has 0 bridgehead atoms. The summed E-state index contributed by atoms with van der Waals surface area (Å²) in [5.41, 5.74) is 14.0. The fraction of sp³-hybridized carbons (Fsp3) is 0.0667. The average Bonchev–Trinajstić information content (AvgIpc) is 3.14. The van der Waals surface area contributed by atoms with Crippen LogP contribution in [0.4, 0.5) is 11.4 Å². The van der Waals surface area contributed by atoms with Gasteiger partial charge in [-0.3, -0.25) is 0 Å². The van der Waals surface area contributed by atoms with Crippen molar-refractivity contribution in [3.8, 4) is 33.8 Å². The largest absolute Gasteiger partial charge is 0.457 e. The second kappa shape index (κ2) is 10.9. The van der Waals surface area contributed by atoms with E-state index in [1.54, 1.807) is 0 Å². The van der Waals surface area contributed by atoms with Crippen LogP contribution in [0, 0.1) is 6.92 Å². The van der Waals surface area contributed by atoms with Crippen molar-refractivity contribution in [2.24, 2.45) is 0 Å². The van der Waals surface area contributed by atoms with Crippen LogP contribution in [0.1, 0.15) is 33.4 Å². The molecule has 224 valence electrons. The second-order valence-corrected chi connectivity index (χ2v) is 12.6. The summed E-state index contributed by atoms with van der Waals surface area (Å²) >= 11 is 0. The highest BCUT2D eigenvalue weighted by atomic mass is 16.5. The van der Waals surface area contributed by atoms with Gasteiger partial charge in [0, 0.05) is 29.0 Å². The Hall–Kier alpha value is -5.86. The Kier molecular flexibility index (Phi) is 6.36. The van der Waals surface area contributed by atoms with Gasteiger partial charge >= 0.3 is 0 Å². The van der Waals surface area contributed by atoms with Crippen molar-refractivity contribution in [3.05, 3.63) is 203 Å². The Labute approximate surface area is 276 Å². The SMILES string of the molecule is Cc1ccccc1CN1c2ccc(-c3ccccc3)cc2C2(c3ccccc3Oc3ccccc32)c2cc(-c3ccccc3)ccc21. The first-order chi connectivity index (χ1) is 23.2. The van der Waals surface area contributed by atoms with Crippen molar-refractivity contribution in [3.63, 3.8) is 0 Å². The molecule has 1 spiro atoms. The Morgan fingerprint density at radius 3 is 1.45 bits per heavy atom. The molecule has 0 atom stereocenters.